The van der Waals surface area contributed by atoms with Crippen LogP contribution in [0.2, 0.25) is 0 Å². The van der Waals surface area contributed by atoms with Crippen LogP contribution in [0.1, 0.15) is 57.6 Å². The Hall–Kier alpha value is -0.890. The number of rotatable bonds is 4. The van der Waals surface area contributed by atoms with E-state index in [0.29, 0.717) is 5.92 Å². The van der Waals surface area contributed by atoms with Crippen molar-refractivity contribution in [1.82, 2.24) is 9.88 Å². The van der Waals surface area contributed by atoms with Crippen molar-refractivity contribution < 1.29 is 0 Å². The molecule has 0 aromatic carbocycles. The number of pyridine rings is 1. The van der Waals surface area contributed by atoms with Gasteiger partial charge in [0.15, 0.2) is 0 Å². The Morgan fingerprint density at radius 1 is 1.16 bits per heavy atom. The molecule has 19 heavy (non-hydrogen) atoms. The molecule has 2 nitrogen and oxygen atoms in total. The molecule has 0 unspecified atom stereocenters. The third kappa shape index (κ3) is 4.04. The summed E-state index contributed by atoms with van der Waals surface area (Å²) in [6, 6.07) is 2.33. The van der Waals surface area contributed by atoms with Crippen LogP contribution in [0.5, 0.6) is 0 Å². The number of nitrogens with zero attached hydrogens (tertiary/aromatic N) is 2. The molecule has 2 rings (SSSR count). The molecule has 0 bridgehead atoms. The lowest BCUT2D eigenvalue weighted by molar-refractivity contribution is 0.152. The summed E-state index contributed by atoms with van der Waals surface area (Å²) in [5.74, 6) is 2.34. The second-order valence-corrected chi connectivity index (χ2v) is 6.64. The third-order valence-electron chi connectivity index (χ3n) is 4.46. The van der Waals surface area contributed by atoms with E-state index in [9.17, 15) is 0 Å². The molecule has 106 valence electrons. The molecule has 0 amide bonds. The van der Waals surface area contributed by atoms with E-state index in [4.69, 9.17) is 0 Å². The Morgan fingerprint density at radius 2 is 1.84 bits per heavy atom. The Labute approximate surface area is 118 Å². The summed E-state index contributed by atoms with van der Waals surface area (Å²) in [4.78, 5) is 6.97. The second-order valence-electron chi connectivity index (χ2n) is 6.64. The average Bonchev–Trinajstić information content (AvgIpc) is 2.39. The minimum Gasteiger partial charge on any atom is -0.299 e. The van der Waals surface area contributed by atoms with Crippen LogP contribution in [0.25, 0.3) is 0 Å². The van der Waals surface area contributed by atoms with Gasteiger partial charge in [-0.25, -0.2) is 0 Å². The first-order chi connectivity index (χ1) is 9.06. The van der Waals surface area contributed by atoms with E-state index in [1.165, 1.54) is 37.1 Å². The molecule has 0 radical (unpaired) electrons. The van der Waals surface area contributed by atoms with E-state index in [0.717, 1.165) is 18.4 Å². The van der Waals surface area contributed by atoms with E-state index < -0.39 is 0 Å². The second kappa shape index (κ2) is 6.51. The molecule has 0 N–H and O–H groups in total. The molecular weight excluding hydrogens is 232 g/mol. The standard InChI is InChI=1S/C17H28N2/c1-13(2)16-5-7-19(8-6-16)12-15-9-17(14(3)4)11-18-10-15/h9-11,13-14,16H,5-8,12H2,1-4H3. The highest BCUT2D eigenvalue weighted by Gasteiger charge is 2.21. The van der Waals surface area contributed by atoms with E-state index >= 15 is 0 Å². The molecule has 1 aliphatic rings. The largest absolute Gasteiger partial charge is 0.299 e. The zero-order valence-electron chi connectivity index (χ0n) is 12.9. The van der Waals surface area contributed by atoms with Gasteiger partial charge in [0.05, 0.1) is 0 Å². The van der Waals surface area contributed by atoms with Gasteiger partial charge in [0.1, 0.15) is 0 Å². The normalized spacial score (nSPS) is 18.4. The maximum atomic E-state index is 4.39. The molecule has 0 atom stereocenters. The molecule has 0 saturated carbocycles. The number of hydrogen-bond acceptors (Lipinski definition) is 2. The van der Waals surface area contributed by atoms with E-state index in [1.807, 2.05) is 12.4 Å². The molecule has 1 aliphatic heterocycles. The van der Waals surface area contributed by atoms with Crippen LogP contribution in [0, 0.1) is 11.8 Å². The van der Waals surface area contributed by atoms with Crippen molar-refractivity contribution in [3.63, 3.8) is 0 Å². The van der Waals surface area contributed by atoms with Crippen molar-refractivity contribution in [1.29, 1.82) is 0 Å². The predicted octanol–water partition coefficient (Wildman–Crippen LogP) is 4.07. The smallest absolute Gasteiger partial charge is 0.0313 e. The van der Waals surface area contributed by atoms with Crippen LogP contribution in [0.4, 0.5) is 0 Å². The van der Waals surface area contributed by atoms with Crippen LogP contribution in [-0.4, -0.2) is 23.0 Å². The Morgan fingerprint density at radius 3 is 2.42 bits per heavy atom. The molecule has 0 spiro atoms. The molecule has 1 aromatic heterocycles. The van der Waals surface area contributed by atoms with Crippen molar-refractivity contribution >= 4 is 0 Å². The van der Waals surface area contributed by atoms with E-state index in [2.05, 4.69) is 43.6 Å². The molecule has 2 heterocycles. The van der Waals surface area contributed by atoms with Crippen LogP contribution < -0.4 is 0 Å². The fraction of sp³-hybridized carbons (Fsp3) is 0.706. The monoisotopic (exact) mass is 260 g/mol. The summed E-state index contributed by atoms with van der Waals surface area (Å²) in [6.07, 6.45) is 6.74. The zero-order valence-corrected chi connectivity index (χ0v) is 12.9. The summed E-state index contributed by atoms with van der Waals surface area (Å²) < 4.78 is 0. The highest BCUT2D eigenvalue weighted by Crippen LogP contribution is 2.25. The van der Waals surface area contributed by atoms with E-state index in [1.54, 1.807) is 0 Å². The van der Waals surface area contributed by atoms with E-state index in [-0.39, 0.29) is 0 Å². The lowest BCUT2D eigenvalue weighted by Crippen LogP contribution is -2.34. The van der Waals surface area contributed by atoms with Gasteiger partial charge in [-0.3, -0.25) is 9.88 Å². The maximum absolute atomic E-state index is 4.39. The van der Waals surface area contributed by atoms with Crippen LogP contribution >= 0.6 is 0 Å². The number of likely N-dealkylation sites (tertiary alicyclic amines) is 1. The molecule has 1 saturated heterocycles. The van der Waals surface area contributed by atoms with Gasteiger partial charge in [0.2, 0.25) is 0 Å². The van der Waals surface area contributed by atoms with Crippen molar-refractivity contribution in [2.45, 2.75) is 53.0 Å². The fourth-order valence-electron chi connectivity index (χ4n) is 2.95. The first-order valence-corrected chi connectivity index (χ1v) is 7.72. The van der Waals surface area contributed by atoms with Gasteiger partial charge in [0.25, 0.3) is 0 Å². The quantitative estimate of drug-likeness (QED) is 0.811. The van der Waals surface area contributed by atoms with Crippen molar-refractivity contribution in [2.24, 2.45) is 11.8 Å². The predicted molar refractivity (Wildman–Crippen MR) is 81.2 cm³/mol. The Bertz CT molecular complexity index is 390. The summed E-state index contributed by atoms with van der Waals surface area (Å²) in [7, 11) is 0. The first kappa shape index (κ1) is 14.5. The van der Waals surface area contributed by atoms with Crippen molar-refractivity contribution in [3.05, 3.63) is 29.6 Å². The minimum atomic E-state index is 0.569. The van der Waals surface area contributed by atoms with Crippen LogP contribution in [-0.2, 0) is 6.54 Å². The molecule has 0 aliphatic carbocycles. The summed E-state index contributed by atoms with van der Waals surface area (Å²) in [5.41, 5.74) is 2.73. The van der Waals surface area contributed by atoms with Gasteiger partial charge in [-0.15, -0.1) is 0 Å². The topological polar surface area (TPSA) is 16.1 Å². The van der Waals surface area contributed by atoms with Crippen molar-refractivity contribution in [2.75, 3.05) is 13.1 Å². The van der Waals surface area contributed by atoms with Gasteiger partial charge in [-0.1, -0.05) is 33.8 Å². The lowest BCUT2D eigenvalue weighted by atomic mass is 9.86. The minimum absolute atomic E-state index is 0.569. The number of aromatic nitrogens is 1. The Balaban J connectivity index is 1.90. The SMILES string of the molecule is CC(C)c1cncc(CN2CCC(C(C)C)CC2)c1. The third-order valence-corrected chi connectivity index (χ3v) is 4.46. The van der Waals surface area contributed by atoms with Crippen LogP contribution in [0.3, 0.4) is 0 Å². The van der Waals surface area contributed by atoms with Gasteiger partial charge in [-0.05, 0) is 54.8 Å². The summed E-state index contributed by atoms with van der Waals surface area (Å²) in [5, 5.41) is 0. The zero-order chi connectivity index (χ0) is 13.8. The molecule has 1 fully saturated rings. The average molecular weight is 260 g/mol. The summed E-state index contributed by atoms with van der Waals surface area (Å²) in [6.45, 7) is 12.7. The van der Waals surface area contributed by atoms with Crippen LogP contribution in [0.15, 0.2) is 18.5 Å². The first-order valence-electron chi connectivity index (χ1n) is 7.72. The lowest BCUT2D eigenvalue weighted by Gasteiger charge is -2.33. The Kier molecular flexibility index (Phi) is 4.98. The highest BCUT2D eigenvalue weighted by atomic mass is 15.1. The van der Waals surface area contributed by atoms with Crippen molar-refractivity contribution in [3.8, 4) is 0 Å². The van der Waals surface area contributed by atoms with Gasteiger partial charge in [-0.2, -0.15) is 0 Å². The summed E-state index contributed by atoms with van der Waals surface area (Å²) >= 11 is 0. The van der Waals surface area contributed by atoms with Gasteiger partial charge < -0.3 is 0 Å². The van der Waals surface area contributed by atoms with Gasteiger partial charge in [0, 0.05) is 18.9 Å². The highest BCUT2D eigenvalue weighted by molar-refractivity contribution is 5.20. The number of hydrogen-bond donors (Lipinski definition) is 0. The molecule has 2 heteroatoms. The molecular formula is C17H28N2. The van der Waals surface area contributed by atoms with Gasteiger partial charge >= 0.3 is 0 Å². The fourth-order valence-corrected chi connectivity index (χ4v) is 2.95. The number of piperidine rings is 1. The maximum Gasteiger partial charge on any atom is 0.0313 e. The molecule has 1 aromatic rings.